The van der Waals surface area contributed by atoms with E-state index in [0.717, 1.165) is 23.7 Å². The third-order valence-electron chi connectivity index (χ3n) is 3.13. The van der Waals surface area contributed by atoms with Gasteiger partial charge in [0.05, 0.1) is 0 Å². The summed E-state index contributed by atoms with van der Waals surface area (Å²) in [6, 6.07) is 18.9. The zero-order valence-electron chi connectivity index (χ0n) is 10.4. The first kappa shape index (κ1) is 13.3. The van der Waals surface area contributed by atoms with Gasteiger partial charge >= 0.3 is 0 Å². The highest BCUT2D eigenvalue weighted by Gasteiger charge is 2.08. The van der Waals surface area contributed by atoms with Gasteiger partial charge in [0.25, 0.3) is 0 Å². The van der Waals surface area contributed by atoms with Gasteiger partial charge in [-0.3, -0.25) is 0 Å². The van der Waals surface area contributed by atoms with Gasteiger partial charge in [-0.15, -0.1) is 0 Å². The second-order valence-electron chi connectivity index (χ2n) is 4.51. The molecular formula is C16H18BrN. The Balaban J connectivity index is 1.86. The van der Waals surface area contributed by atoms with Crippen molar-refractivity contribution in [2.45, 2.75) is 25.3 Å². The van der Waals surface area contributed by atoms with Crippen molar-refractivity contribution in [2.75, 3.05) is 0 Å². The zero-order chi connectivity index (χ0) is 12.8. The zero-order valence-corrected chi connectivity index (χ0v) is 11.9. The molecule has 1 atom stereocenters. The van der Waals surface area contributed by atoms with E-state index < -0.39 is 0 Å². The summed E-state index contributed by atoms with van der Waals surface area (Å²) in [4.78, 5) is 0. The molecule has 2 aromatic carbocycles. The van der Waals surface area contributed by atoms with Crippen LogP contribution in [0.25, 0.3) is 0 Å². The van der Waals surface area contributed by atoms with Crippen molar-refractivity contribution in [2.24, 2.45) is 5.73 Å². The van der Waals surface area contributed by atoms with Gasteiger partial charge in [-0.2, -0.15) is 0 Å². The van der Waals surface area contributed by atoms with Gasteiger partial charge in [0, 0.05) is 10.5 Å². The number of hydrogen-bond donors (Lipinski definition) is 1. The lowest BCUT2D eigenvalue weighted by atomic mass is 10.00. The van der Waals surface area contributed by atoms with Crippen molar-refractivity contribution in [1.82, 2.24) is 0 Å². The molecule has 2 rings (SSSR count). The third kappa shape index (κ3) is 3.69. The second-order valence-corrected chi connectivity index (χ2v) is 5.36. The van der Waals surface area contributed by atoms with Crippen LogP contribution in [0, 0.1) is 0 Å². The molecule has 0 aromatic heterocycles. The summed E-state index contributed by atoms with van der Waals surface area (Å²) in [5.41, 5.74) is 8.82. The van der Waals surface area contributed by atoms with E-state index in [1.165, 1.54) is 11.1 Å². The predicted octanol–water partition coefficient (Wildman–Crippen LogP) is 4.47. The normalized spacial score (nSPS) is 12.3. The fourth-order valence-corrected chi connectivity index (χ4v) is 2.68. The molecule has 1 nitrogen and oxygen atoms in total. The SMILES string of the molecule is NC(CCCc1ccccc1)c1ccccc1Br. The van der Waals surface area contributed by atoms with Crippen molar-refractivity contribution in [3.63, 3.8) is 0 Å². The van der Waals surface area contributed by atoms with Crippen LogP contribution in [0.2, 0.25) is 0 Å². The summed E-state index contributed by atoms with van der Waals surface area (Å²) in [5.74, 6) is 0. The number of benzene rings is 2. The highest BCUT2D eigenvalue weighted by atomic mass is 79.9. The predicted molar refractivity (Wildman–Crippen MR) is 80.5 cm³/mol. The van der Waals surface area contributed by atoms with E-state index in [1.54, 1.807) is 0 Å². The Morgan fingerprint density at radius 2 is 1.61 bits per heavy atom. The Morgan fingerprint density at radius 3 is 2.33 bits per heavy atom. The molecule has 0 saturated carbocycles. The molecule has 0 fully saturated rings. The fourth-order valence-electron chi connectivity index (χ4n) is 2.10. The minimum atomic E-state index is 0.115. The van der Waals surface area contributed by atoms with Gasteiger partial charge in [0.1, 0.15) is 0 Å². The minimum absolute atomic E-state index is 0.115. The molecule has 0 aliphatic heterocycles. The highest BCUT2D eigenvalue weighted by molar-refractivity contribution is 9.10. The summed E-state index contributed by atoms with van der Waals surface area (Å²) in [6.45, 7) is 0. The molecular weight excluding hydrogens is 286 g/mol. The summed E-state index contributed by atoms with van der Waals surface area (Å²) in [5, 5.41) is 0. The van der Waals surface area contributed by atoms with Crippen LogP contribution in [0.3, 0.4) is 0 Å². The molecule has 0 radical (unpaired) electrons. The molecule has 0 aliphatic rings. The molecule has 0 saturated heterocycles. The van der Waals surface area contributed by atoms with Crippen molar-refractivity contribution < 1.29 is 0 Å². The number of aryl methyl sites for hydroxylation is 1. The lowest BCUT2D eigenvalue weighted by Crippen LogP contribution is -2.11. The van der Waals surface area contributed by atoms with Crippen LogP contribution in [0.5, 0.6) is 0 Å². The Kier molecular flexibility index (Phi) is 4.97. The Hall–Kier alpha value is -1.12. The molecule has 2 aromatic rings. The average molecular weight is 304 g/mol. The van der Waals surface area contributed by atoms with Crippen LogP contribution in [-0.4, -0.2) is 0 Å². The topological polar surface area (TPSA) is 26.0 Å². The molecule has 2 N–H and O–H groups in total. The standard InChI is InChI=1S/C16H18BrN/c17-15-11-5-4-10-14(15)16(18)12-6-9-13-7-2-1-3-8-13/h1-5,7-8,10-11,16H,6,9,12,18H2. The van der Waals surface area contributed by atoms with Crippen molar-refractivity contribution in [1.29, 1.82) is 0 Å². The van der Waals surface area contributed by atoms with Crippen LogP contribution >= 0.6 is 15.9 Å². The van der Waals surface area contributed by atoms with E-state index in [2.05, 4.69) is 52.3 Å². The number of halogens is 1. The molecule has 0 amide bonds. The van der Waals surface area contributed by atoms with Crippen molar-refractivity contribution in [3.05, 3.63) is 70.2 Å². The molecule has 0 bridgehead atoms. The van der Waals surface area contributed by atoms with E-state index in [-0.39, 0.29) is 6.04 Å². The van der Waals surface area contributed by atoms with Gasteiger partial charge in [0.2, 0.25) is 0 Å². The van der Waals surface area contributed by atoms with E-state index in [9.17, 15) is 0 Å². The van der Waals surface area contributed by atoms with E-state index in [0.29, 0.717) is 0 Å². The maximum absolute atomic E-state index is 6.23. The minimum Gasteiger partial charge on any atom is -0.324 e. The first-order valence-electron chi connectivity index (χ1n) is 6.31. The quantitative estimate of drug-likeness (QED) is 0.866. The summed E-state index contributed by atoms with van der Waals surface area (Å²) in [6.07, 6.45) is 3.23. The van der Waals surface area contributed by atoms with Crippen LogP contribution in [0.15, 0.2) is 59.1 Å². The van der Waals surface area contributed by atoms with Crippen molar-refractivity contribution in [3.8, 4) is 0 Å². The number of rotatable bonds is 5. The maximum Gasteiger partial charge on any atom is 0.0306 e. The Morgan fingerprint density at radius 1 is 0.944 bits per heavy atom. The summed E-state index contributed by atoms with van der Waals surface area (Å²) >= 11 is 3.55. The molecule has 1 unspecified atom stereocenters. The molecule has 94 valence electrons. The van der Waals surface area contributed by atoms with E-state index >= 15 is 0 Å². The number of nitrogens with two attached hydrogens (primary N) is 1. The van der Waals surface area contributed by atoms with Gasteiger partial charge in [-0.05, 0) is 36.5 Å². The average Bonchev–Trinajstić information content (AvgIpc) is 2.40. The fraction of sp³-hybridized carbons (Fsp3) is 0.250. The van der Waals surface area contributed by atoms with E-state index in [1.807, 2.05) is 18.2 Å². The van der Waals surface area contributed by atoms with Crippen LogP contribution in [0.4, 0.5) is 0 Å². The second kappa shape index (κ2) is 6.72. The first-order chi connectivity index (χ1) is 8.77. The van der Waals surface area contributed by atoms with Gasteiger partial charge < -0.3 is 5.73 Å². The molecule has 0 aliphatic carbocycles. The van der Waals surface area contributed by atoms with E-state index in [4.69, 9.17) is 5.73 Å². The third-order valence-corrected chi connectivity index (χ3v) is 3.85. The molecule has 18 heavy (non-hydrogen) atoms. The van der Waals surface area contributed by atoms with Gasteiger partial charge in [-0.1, -0.05) is 64.5 Å². The van der Waals surface area contributed by atoms with Crippen LogP contribution in [-0.2, 0) is 6.42 Å². The van der Waals surface area contributed by atoms with Gasteiger partial charge in [0.15, 0.2) is 0 Å². The smallest absolute Gasteiger partial charge is 0.0306 e. The lowest BCUT2D eigenvalue weighted by Gasteiger charge is -2.13. The largest absolute Gasteiger partial charge is 0.324 e. The monoisotopic (exact) mass is 303 g/mol. The highest BCUT2D eigenvalue weighted by Crippen LogP contribution is 2.24. The van der Waals surface area contributed by atoms with Crippen LogP contribution < -0.4 is 5.73 Å². The first-order valence-corrected chi connectivity index (χ1v) is 7.10. The summed E-state index contributed by atoms with van der Waals surface area (Å²) < 4.78 is 1.11. The Bertz CT molecular complexity index is 481. The Labute approximate surface area is 117 Å². The molecule has 2 heteroatoms. The van der Waals surface area contributed by atoms with Gasteiger partial charge in [-0.25, -0.2) is 0 Å². The lowest BCUT2D eigenvalue weighted by molar-refractivity contribution is 0.609. The maximum atomic E-state index is 6.23. The molecule has 0 heterocycles. The van der Waals surface area contributed by atoms with Crippen LogP contribution in [0.1, 0.15) is 30.0 Å². The van der Waals surface area contributed by atoms with Crippen molar-refractivity contribution >= 4 is 15.9 Å². The summed E-state index contributed by atoms with van der Waals surface area (Å²) in [7, 11) is 0. The molecule has 0 spiro atoms. The number of hydrogen-bond acceptors (Lipinski definition) is 1.